The van der Waals surface area contributed by atoms with Gasteiger partial charge < -0.3 is 0 Å². The summed E-state index contributed by atoms with van der Waals surface area (Å²) >= 11 is 1.75. The predicted molar refractivity (Wildman–Crippen MR) is 127 cm³/mol. The van der Waals surface area contributed by atoms with Gasteiger partial charge in [-0.25, -0.2) is 27.1 Å². The van der Waals surface area contributed by atoms with Crippen LogP contribution < -0.4 is 10.3 Å². The molecule has 0 amide bonds. The zero-order valence-electron chi connectivity index (χ0n) is 17.3. The zero-order valence-corrected chi connectivity index (χ0v) is 19.7. The van der Waals surface area contributed by atoms with E-state index < -0.39 is 20.0 Å². The summed E-state index contributed by atoms with van der Waals surface area (Å²) in [5.74, 6) is 0.856. The number of hydrogen-bond donors (Lipinski definition) is 2. The van der Waals surface area contributed by atoms with Gasteiger partial charge in [0.2, 0.25) is 20.0 Å². The Labute approximate surface area is 193 Å². The van der Waals surface area contributed by atoms with Gasteiger partial charge in [0.05, 0.1) is 9.79 Å². The van der Waals surface area contributed by atoms with Crippen LogP contribution in [0.5, 0.6) is 0 Å². The molecule has 0 radical (unpaired) electrons. The molecule has 170 valence electrons. The van der Waals surface area contributed by atoms with E-state index in [0.29, 0.717) is 13.1 Å². The standard InChI is InChI=1S/C22H25N3O4S3/c23-31(26,27)21-10-6-18(7-11-21)16-25(14-15-30-20-4-2-1-3-5-20)17-19-8-12-22(13-9-19)32(24,28)29/h1-13H,14-17H2,(H2,23,26,27)(H2,24,28,29). The number of thioether (sulfide) groups is 1. The molecule has 0 aromatic heterocycles. The molecule has 0 aliphatic carbocycles. The summed E-state index contributed by atoms with van der Waals surface area (Å²) in [5.41, 5.74) is 1.89. The van der Waals surface area contributed by atoms with Crippen molar-refractivity contribution in [1.82, 2.24) is 4.90 Å². The number of nitrogens with zero attached hydrogens (tertiary/aromatic N) is 1. The van der Waals surface area contributed by atoms with Gasteiger partial charge >= 0.3 is 0 Å². The van der Waals surface area contributed by atoms with E-state index in [0.717, 1.165) is 23.4 Å². The third-order valence-corrected chi connectivity index (χ3v) is 7.59. The van der Waals surface area contributed by atoms with Gasteiger partial charge in [0.1, 0.15) is 0 Å². The van der Waals surface area contributed by atoms with Gasteiger partial charge in [0, 0.05) is 30.3 Å². The second-order valence-electron chi connectivity index (χ2n) is 7.25. The van der Waals surface area contributed by atoms with Crippen LogP contribution in [0.2, 0.25) is 0 Å². The predicted octanol–water partition coefficient (Wildman–Crippen LogP) is 2.78. The van der Waals surface area contributed by atoms with Crippen molar-refractivity contribution >= 4 is 31.8 Å². The average molecular weight is 492 g/mol. The first-order chi connectivity index (χ1) is 15.1. The Kier molecular flexibility index (Phi) is 8.10. The van der Waals surface area contributed by atoms with Crippen LogP contribution in [0.15, 0.2) is 93.5 Å². The maximum absolute atomic E-state index is 11.5. The van der Waals surface area contributed by atoms with Crippen molar-refractivity contribution < 1.29 is 16.8 Å². The van der Waals surface area contributed by atoms with Crippen molar-refractivity contribution in [2.24, 2.45) is 10.3 Å². The fourth-order valence-corrected chi connectivity index (χ4v) is 5.07. The molecule has 0 atom stereocenters. The molecule has 3 aromatic rings. The fourth-order valence-electron chi connectivity index (χ4n) is 3.11. The first kappa shape index (κ1) is 24.4. The van der Waals surface area contributed by atoms with Crippen molar-refractivity contribution in [3.05, 3.63) is 90.0 Å². The molecule has 0 heterocycles. The second kappa shape index (κ2) is 10.6. The minimum Gasteiger partial charge on any atom is -0.294 e. The van der Waals surface area contributed by atoms with Gasteiger partial charge in [-0.1, -0.05) is 42.5 Å². The molecular weight excluding hydrogens is 466 g/mol. The molecule has 32 heavy (non-hydrogen) atoms. The largest absolute Gasteiger partial charge is 0.294 e. The van der Waals surface area contributed by atoms with Gasteiger partial charge in [0.25, 0.3) is 0 Å². The molecule has 0 aliphatic rings. The van der Waals surface area contributed by atoms with Crippen LogP contribution in [-0.4, -0.2) is 34.0 Å². The Morgan fingerprint density at radius 1 is 0.656 bits per heavy atom. The summed E-state index contributed by atoms with van der Waals surface area (Å²) in [4.78, 5) is 3.55. The molecule has 0 aliphatic heterocycles. The number of hydrogen-bond acceptors (Lipinski definition) is 6. The molecule has 0 bridgehead atoms. The monoisotopic (exact) mass is 491 g/mol. The lowest BCUT2D eigenvalue weighted by atomic mass is 10.1. The molecule has 0 unspecified atom stereocenters. The Hall–Kier alpha value is -2.21. The Balaban J connectivity index is 1.72. The summed E-state index contributed by atoms with van der Waals surface area (Å²) in [6, 6.07) is 23.1. The average Bonchev–Trinajstić information content (AvgIpc) is 2.74. The van der Waals surface area contributed by atoms with Gasteiger partial charge in [0.15, 0.2) is 0 Å². The van der Waals surface area contributed by atoms with E-state index in [1.54, 1.807) is 36.0 Å². The normalized spacial score (nSPS) is 12.2. The van der Waals surface area contributed by atoms with Crippen LogP contribution in [-0.2, 0) is 33.1 Å². The van der Waals surface area contributed by atoms with Crippen molar-refractivity contribution in [2.75, 3.05) is 12.3 Å². The quantitative estimate of drug-likeness (QED) is 0.420. The van der Waals surface area contributed by atoms with E-state index in [2.05, 4.69) is 17.0 Å². The molecular formula is C22H25N3O4S3. The highest BCUT2D eigenvalue weighted by Gasteiger charge is 2.12. The van der Waals surface area contributed by atoms with Gasteiger partial charge in [-0.3, -0.25) is 4.90 Å². The fraction of sp³-hybridized carbons (Fsp3) is 0.182. The molecule has 7 nitrogen and oxygen atoms in total. The lowest BCUT2D eigenvalue weighted by molar-refractivity contribution is 0.274. The maximum atomic E-state index is 11.5. The van der Waals surface area contributed by atoms with Gasteiger partial charge in [-0.15, -0.1) is 11.8 Å². The van der Waals surface area contributed by atoms with Crippen LogP contribution in [0.4, 0.5) is 0 Å². The first-order valence-corrected chi connectivity index (χ1v) is 13.8. The maximum Gasteiger partial charge on any atom is 0.238 e. The summed E-state index contributed by atoms with van der Waals surface area (Å²) in [5, 5.41) is 10.4. The number of nitrogens with two attached hydrogens (primary N) is 2. The van der Waals surface area contributed by atoms with E-state index in [1.807, 2.05) is 18.2 Å². The molecule has 0 spiro atoms. The van der Waals surface area contributed by atoms with Crippen molar-refractivity contribution in [1.29, 1.82) is 0 Å². The van der Waals surface area contributed by atoms with Crippen LogP contribution >= 0.6 is 11.8 Å². The highest BCUT2D eigenvalue weighted by molar-refractivity contribution is 7.99. The van der Waals surface area contributed by atoms with Gasteiger partial charge in [-0.05, 0) is 47.5 Å². The number of benzene rings is 3. The van der Waals surface area contributed by atoms with Crippen molar-refractivity contribution in [3.8, 4) is 0 Å². The van der Waals surface area contributed by atoms with Crippen molar-refractivity contribution in [3.63, 3.8) is 0 Å². The third-order valence-electron chi connectivity index (χ3n) is 4.74. The first-order valence-electron chi connectivity index (χ1n) is 9.75. The summed E-state index contributed by atoms with van der Waals surface area (Å²) in [6.45, 7) is 1.96. The number of rotatable bonds is 10. The zero-order chi connectivity index (χ0) is 23.2. The lowest BCUT2D eigenvalue weighted by Gasteiger charge is -2.23. The molecule has 10 heteroatoms. The molecule has 3 rings (SSSR count). The number of sulfonamides is 2. The van der Waals surface area contributed by atoms with Crippen LogP contribution in [0.1, 0.15) is 11.1 Å². The van der Waals surface area contributed by atoms with Crippen LogP contribution in [0.3, 0.4) is 0 Å². The van der Waals surface area contributed by atoms with E-state index in [9.17, 15) is 16.8 Å². The van der Waals surface area contributed by atoms with Crippen molar-refractivity contribution in [2.45, 2.75) is 27.8 Å². The molecule has 0 saturated heterocycles. The number of primary sulfonamides is 2. The van der Waals surface area contributed by atoms with E-state index in [1.165, 1.54) is 29.2 Å². The lowest BCUT2D eigenvalue weighted by Crippen LogP contribution is -2.25. The minimum absolute atomic E-state index is 0.0750. The molecule has 4 N–H and O–H groups in total. The van der Waals surface area contributed by atoms with Crippen LogP contribution in [0.25, 0.3) is 0 Å². The molecule has 3 aromatic carbocycles. The van der Waals surface area contributed by atoms with Gasteiger partial charge in [-0.2, -0.15) is 0 Å². The summed E-state index contributed by atoms with van der Waals surface area (Å²) in [6.07, 6.45) is 0. The summed E-state index contributed by atoms with van der Waals surface area (Å²) in [7, 11) is -7.47. The highest BCUT2D eigenvalue weighted by Crippen LogP contribution is 2.19. The van der Waals surface area contributed by atoms with E-state index in [4.69, 9.17) is 10.3 Å². The Morgan fingerprint density at radius 2 is 1.09 bits per heavy atom. The highest BCUT2D eigenvalue weighted by atomic mass is 32.2. The second-order valence-corrected chi connectivity index (χ2v) is 11.5. The Morgan fingerprint density at radius 3 is 1.50 bits per heavy atom. The van der Waals surface area contributed by atoms with E-state index >= 15 is 0 Å². The summed E-state index contributed by atoms with van der Waals surface area (Å²) < 4.78 is 46.0. The molecule has 0 fully saturated rings. The van der Waals surface area contributed by atoms with Crippen LogP contribution in [0, 0.1) is 0 Å². The molecule has 0 saturated carbocycles. The minimum atomic E-state index is -3.73. The smallest absolute Gasteiger partial charge is 0.238 e. The Bertz CT molecular complexity index is 1150. The third kappa shape index (κ3) is 7.44. The SMILES string of the molecule is NS(=O)(=O)c1ccc(CN(CCSc2ccccc2)Cc2ccc(S(N)(=O)=O)cc2)cc1. The van der Waals surface area contributed by atoms with E-state index in [-0.39, 0.29) is 9.79 Å². The topological polar surface area (TPSA) is 124 Å².